The van der Waals surface area contributed by atoms with Gasteiger partial charge in [0.15, 0.2) is 0 Å². The zero-order valence-corrected chi connectivity index (χ0v) is 10.7. The minimum Gasteiger partial charge on any atom is -0.495 e. The maximum atomic E-state index is 11.2. The van der Waals surface area contributed by atoms with Crippen LogP contribution in [0, 0.1) is 6.92 Å². The second kappa shape index (κ2) is 4.08. The molecule has 0 aliphatic carbocycles. The molecule has 0 bridgehead atoms. The summed E-state index contributed by atoms with van der Waals surface area (Å²) in [5, 5.41) is 0. The number of halogens is 2. The quantitative estimate of drug-likeness (QED) is 0.789. The highest BCUT2D eigenvalue weighted by molar-refractivity contribution is 9.10. The molecule has 1 rings (SSSR count). The molecule has 0 aromatic heterocycles. The highest BCUT2D eigenvalue weighted by atomic mass is 79.9. The predicted molar refractivity (Wildman–Crippen MR) is 58.5 cm³/mol. The van der Waals surface area contributed by atoms with E-state index in [1.807, 2.05) is 0 Å². The summed E-state index contributed by atoms with van der Waals surface area (Å²) in [4.78, 5) is -0.0199. The molecule has 0 N–H and O–H groups in total. The van der Waals surface area contributed by atoms with Crippen LogP contribution in [0.2, 0.25) is 0 Å². The zero-order valence-electron chi connectivity index (χ0n) is 7.54. The molecule has 0 heterocycles. The molecule has 0 atom stereocenters. The maximum Gasteiger partial charge on any atom is 0.265 e. The van der Waals surface area contributed by atoms with Crippen molar-refractivity contribution in [1.82, 2.24) is 0 Å². The Morgan fingerprint density at radius 3 is 2.43 bits per heavy atom. The van der Waals surface area contributed by atoms with Gasteiger partial charge in [-0.2, -0.15) is 0 Å². The normalized spacial score (nSPS) is 11.4. The first-order valence-electron chi connectivity index (χ1n) is 3.65. The van der Waals surface area contributed by atoms with Crippen LogP contribution < -0.4 is 4.74 Å². The molecule has 0 aliphatic heterocycles. The highest BCUT2D eigenvalue weighted by Crippen LogP contribution is 2.33. The van der Waals surface area contributed by atoms with Gasteiger partial charge in [0.05, 0.1) is 7.11 Å². The van der Waals surface area contributed by atoms with E-state index in [2.05, 4.69) is 15.9 Å². The van der Waals surface area contributed by atoms with E-state index < -0.39 is 9.05 Å². The molecule has 1 aromatic carbocycles. The van der Waals surface area contributed by atoms with E-state index >= 15 is 0 Å². The van der Waals surface area contributed by atoms with Crippen LogP contribution in [0.15, 0.2) is 21.5 Å². The third kappa shape index (κ3) is 2.40. The monoisotopic (exact) mass is 298 g/mol. The van der Waals surface area contributed by atoms with Gasteiger partial charge in [0.25, 0.3) is 9.05 Å². The largest absolute Gasteiger partial charge is 0.495 e. The Hall–Kier alpha value is -0.260. The molecule has 3 nitrogen and oxygen atoms in total. The summed E-state index contributed by atoms with van der Waals surface area (Å²) in [6.07, 6.45) is 0. The standard InChI is InChI=1S/C8H8BrClO3S/c1-5-3-6(9)4-7(8(5)13-2)14(10,11)12/h3-4H,1-2H3. The number of rotatable bonds is 2. The Bertz CT molecular complexity index is 456. The van der Waals surface area contributed by atoms with Crippen LogP contribution in [0.25, 0.3) is 0 Å². The van der Waals surface area contributed by atoms with Gasteiger partial charge in [-0.1, -0.05) is 15.9 Å². The minimum absolute atomic E-state index is 0.0199. The maximum absolute atomic E-state index is 11.2. The summed E-state index contributed by atoms with van der Waals surface area (Å²) in [5.74, 6) is 0.281. The van der Waals surface area contributed by atoms with E-state index in [1.165, 1.54) is 13.2 Å². The lowest BCUT2D eigenvalue weighted by molar-refractivity contribution is 0.400. The van der Waals surface area contributed by atoms with Gasteiger partial charge in [-0.25, -0.2) is 8.42 Å². The molecule has 0 spiro atoms. The van der Waals surface area contributed by atoms with Crippen molar-refractivity contribution in [3.05, 3.63) is 22.2 Å². The third-order valence-corrected chi connectivity index (χ3v) is 3.46. The lowest BCUT2D eigenvalue weighted by Crippen LogP contribution is -1.98. The number of benzene rings is 1. The first kappa shape index (κ1) is 11.8. The van der Waals surface area contributed by atoms with E-state index in [-0.39, 0.29) is 10.6 Å². The average Bonchev–Trinajstić information content (AvgIpc) is 2.01. The summed E-state index contributed by atoms with van der Waals surface area (Å²) in [6, 6.07) is 3.17. The Labute approximate surface area is 95.6 Å². The Morgan fingerprint density at radius 1 is 1.43 bits per heavy atom. The number of ether oxygens (including phenoxy) is 1. The molecule has 14 heavy (non-hydrogen) atoms. The summed E-state index contributed by atoms with van der Waals surface area (Å²) in [7, 11) is 2.89. The summed E-state index contributed by atoms with van der Waals surface area (Å²) >= 11 is 3.19. The topological polar surface area (TPSA) is 43.4 Å². The summed E-state index contributed by atoms with van der Waals surface area (Å²) < 4.78 is 28.0. The summed E-state index contributed by atoms with van der Waals surface area (Å²) in [5.41, 5.74) is 0.709. The number of hydrogen-bond donors (Lipinski definition) is 0. The fourth-order valence-corrected chi connectivity index (χ4v) is 2.94. The number of hydrogen-bond acceptors (Lipinski definition) is 3. The van der Waals surface area contributed by atoms with Crippen molar-refractivity contribution >= 4 is 35.7 Å². The van der Waals surface area contributed by atoms with Gasteiger partial charge in [-0.3, -0.25) is 0 Å². The molecule has 0 amide bonds. The van der Waals surface area contributed by atoms with Gasteiger partial charge in [0.1, 0.15) is 10.6 Å². The third-order valence-electron chi connectivity index (χ3n) is 1.67. The molecule has 6 heteroatoms. The van der Waals surface area contributed by atoms with Crippen molar-refractivity contribution in [2.24, 2.45) is 0 Å². The van der Waals surface area contributed by atoms with Gasteiger partial charge in [-0.05, 0) is 24.6 Å². The van der Waals surface area contributed by atoms with Crippen molar-refractivity contribution in [1.29, 1.82) is 0 Å². The molecular weight excluding hydrogens is 292 g/mol. The second-order valence-electron chi connectivity index (χ2n) is 2.69. The van der Waals surface area contributed by atoms with E-state index in [9.17, 15) is 8.42 Å². The first-order valence-corrected chi connectivity index (χ1v) is 6.75. The number of methoxy groups -OCH3 is 1. The second-order valence-corrected chi connectivity index (χ2v) is 6.14. The van der Waals surface area contributed by atoms with Crippen LogP contribution in [0.4, 0.5) is 0 Å². The van der Waals surface area contributed by atoms with Gasteiger partial charge >= 0.3 is 0 Å². The minimum atomic E-state index is -3.77. The van der Waals surface area contributed by atoms with Gasteiger partial charge < -0.3 is 4.74 Å². The fourth-order valence-electron chi connectivity index (χ4n) is 1.14. The van der Waals surface area contributed by atoms with Crippen LogP contribution in [0.5, 0.6) is 5.75 Å². The van der Waals surface area contributed by atoms with E-state index in [4.69, 9.17) is 15.4 Å². The molecule has 1 aromatic rings. The molecule has 0 unspecified atom stereocenters. The van der Waals surface area contributed by atoms with Crippen LogP contribution in [-0.2, 0) is 9.05 Å². The Morgan fingerprint density at radius 2 is 2.00 bits per heavy atom. The summed E-state index contributed by atoms with van der Waals surface area (Å²) in [6.45, 7) is 1.75. The Kier molecular flexibility index (Phi) is 3.44. The molecule has 0 radical (unpaired) electrons. The van der Waals surface area contributed by atoms with Gasteiger partial charge in [-0.15, -0.1) is 0 Å². The van der Waals surface area contributed by atoms with Crippen molar-refractivity contribution in [3.8, 4) is 5.75 Å². The van der Waals surface area contributed by atoms with Crippen molar-refractivity contribution < 1.29 is 13.2 Å². The van der Waals surface area contributed by atoms with Crippen LogP contribution in [-0.4, -0.2) is 15.5 Å². The van der Waals surface area contributed by atoms with Crippen LogP contribution in [0.3, 0.4) is 0 Å². The molecule has 78 valence electrons. The SMILES string of the molecule is COc1c(C)cc(Br)cc1S(=O)(=O)Cl. The van der Waals surface area contributed by atoms with E-state index in [1.54, 1.807) is 13.0 Å². The lowest BCUT2D eigenvalue weighted by atomic mass is 10.2. The van der Waals surface area contributed by atoms with Gasteiger partial charge in [0.2, 0.25) is 0 Å². The van der Waals surface area contributed by atoms with Crippen LogP contribution in [0.1, 0.15) is 5.56 Å². The van der Waals surface area contributed by atoms with Crippen molar-refractivity contribution in [3.63, 3.8) is 0 Å². The van der Waals surface area contributed by atoms with Crippen molar-refractivity contribution in [2.75, 3.05) is 7.11 Å². The molecule has 0 aliphatic rings. The van der Waals surface area contributed by atoms with Gasteiger partial charge in [0, 0.05) is 15.2 Å². The van der Waals surface area contributed by atoms with Crippen molar-refractivity contribution in [2.45, 2.75) is 11.8 Å². The zero-order chi connectivity index (χ0) is 10.9. The molecule has 0 fully saturated rings. The Balaban J connectivity index is 3.56. The lowest BCUT2D eigenvalue weighted by Gasteiger charge is -2.09. The van der Waals surface area contributed by atoms with E-state index in [0.717, 1.165) is 0 Å². The average molecular weight is 300 g/mol. The molecule has 0 saturated carbocycles. The fraction of sp³-hybridized carbons (Fsp3) is 0.250. The molecular formula is C8H8BrClO3S. The van der Waals surface area contributed by atoms with E-state index in [0.29, 0.717) is 10.0 Å². The number of aryl methyl sites for hydroxylation is 1. The first-order chi connectivity index (χ1) is 6.36. The smallest absolute Gasteiger partial charge is 0.265 e. The van der Waals surface area contributed by atoms with Crippen LogP contribution >= 0.6 is 26.6 Å². The molecule has 0 saturated heterocycles. The highest BCUT2D eigenvalue weighted by Gasteiger charge is 2.19. The predicted octanol–water partition coefficient (Wildman–Crippen LogP) is 2.69.